The maximum atomic E-state index is 12.2. The van der Waals surface area contributed by atoms with Gasteiger partial charge in [0.15, 0.2) is 0 Å². The minimum absolute atomic E-state index is 0.0347. The van der Waals surface area contributed by atoms with Crippen LogP contribution in [0.2, 0.25) is 0 Å². The molecule has 0 aliphatic carbocycles. The van der Waals surface area contributed by atoms with Crippen LogP contribution in [-0.4, -0.2) is 33.8 Å². The number of nitrogens with zero attached hydrogens (tertiary/aromatic N) is 2. The highest BCUT2D eigenvalue weighted by molar-refractivity contribution is 5.96. The van der Waals surface area contributed by atoms with Crippen molar-refractivity contribution < 1.29 is 14.0 Å². The molecule has 0 saturated carbocycles. The van der Waals surface area contributed by atoms with Crippen molar-refractivity contribution >= 4 is 11.8 Å². The molecule has 2 heterocycles. The van der Waals surface area contributed by atoms with Gasteiger partial charge in [-0.2, -0.15) is 0 Å². The average Bonchev–Trinajstić information content (AvgIpc) is 2.71. The summed E-state index contributed by atoms with van der Waals surface area (Å²) in [5.41, 5.74) is 0. The summed E-state index contributed by atoms with van der Waals surface area (Å²) >= 11 is 0. The van der Waals surface area contributed by atoms with E-state index in [0.29, 0.717) is 11.7 Å². The summed E-state index contributed by atoms with van der Waals surface area (Å²) in [6.07, 6.45) is 1.61. The van der Waals surface area contributed by atoms with E-state index in [1.165, 1.54) is 0 Å². The third-order valence-corrected chi connectivity index (χ3v) is 3.22. The first-order valence-electron chi connectivity index (χ1n) is 6.42. The van der Waals surface area contributed by atoms with Crippen LogP contribution in [0.25, 0.3) is 0 Å². The second-order valence-corrected chi connectivity index (χ2v) is 5.25. The summed E-state index contributed by atoms with van der Waals surface area (Å²) in [5.74, 6) is 0.962. The zero-order chi connectivity index (χ0) is 14.2. The molecule has 1 aliphatic heterocycles. The van der Waals surface area contributed by atoms with Crippen LogP contribution in [0.15, 0.2) is 10.6 Å². The summed E-state index contributed by atoms with van der Waals surface area (Å²) in [6, 6.07) is -0.977. The molecule has 19 heavy (non-hydrogen) atoms. The van der Waals surface area contributed by atoms with Crippen LogP contribution in [0.3, 0.4) is 0 Å². The lowest BCUT2D eigenvalue weighted by atomic mass is 9.97. The number of aryl methyl sites for hydroxylation is 1. The quantitative estimate of drug-likeness (QED) is 0.879. The summed E-state index contributed by atoms with van der Waals surface area (Å²) < 4.78 is 5.40. The Kier molecular flexibility index (Phi) is 3.59. The van der Waals surface area contributed by atoms with Crippen LogP contribution in [-0.2, 0) is 16.1 Å². The number of hydrogen-bond acceptors (Lipinski definition) is 4. The smallest absolute Gasteiger partial charge is 0.246 e. The van der Waals surface area contributed by atoms with Crippen LogP contribution in [0, 0.1) is 12.8 Å². The van der Waals surface area contributed by atoms with Gasteiger partial charge in [0.2, 0.25) is 17.7 Å². The molecular weight excluding hydrogens is 246 g/mol. The SMILES string of the molecule is Cc1cnc(CN2C(=O)C(C)NC(=O)C2C(C)C)o1. The van der Waals surface area contributed by atoms with Crippen LogP contribution in [0.5, 0.6) is 0 Å². The molecule has 6 nitrogen and oxygen atoms in total. The first-order chi connectivity index (χ1) is 8.90. The van der Waals surface area contributed by atoms with E-state index in [1.807, 2.05) is 13.8 Å². The van der Waals surface area contributed by atoms with Gasteiger partial charge in [0.05, 0.1) is 12.7 Å². The van der Waals surface area contributed by atoms with Crippen LogP contribution in [0.4, 0.5) is 0 Å². The summed E-state index contributed by atoms with van der Waals surface area (Å²) in [5, 5.41) is 2.70. The van der Waals surface area contributed by atoms with Crippen LogP contribution >= 0.6 is 0 Å². The molecule has 2 amide bonds. The highest BCUT2D eigenvalue weighted by Crippen LogP contribution is 2.20. The molecule has 1 saturated heterocycles. The predicted molar refractivity (Wildman–Crippen MR) is 68.0 cm³/mol. The van der Waals surface area contributed by atoms with Gasteiger partial charge < -0.3 is 14.6 Å². The first-order valence-corrected chi connectivity index (χ1v) is 6.42. The molecule has 1 N–H and O–H groups in total. The molecule has 0 bridgehead atoms. The third-order valence-electron chi connectivity index (χ3n) is 3.22. The van der Waals surface area contributed by atoms with E-state index in [1.54, 1.807) is 24.9 Å². The van der Waals surface area contributed by atoms with Crippen molar-refractivity contribution in [2.24, 2.45) is 5.92 Å². The minimum atomic E-state index is -0.501. The van der Waals surface area contributed by atoms with Gasteiger partial charge >= 0.3 is 0 Å². The van der Waals surface area contributed by atoms with E-state index in [-0.39, 0.29) is 24.3 Å². The number of nitrogens with one attached hydrogen (secondary N) is 1. The van der Waals surface area contributed by atoms with Crippen molar-refractivity contribution in [2.45, 2.75) is 46.3 Å². The van der Waals surface area contributed by atoms with E-state index in [9.17, 15) is 9.59 Å². The highest BCUT2D eigenvalue weighted by atomic mass is 16.4. The van der Waals surface area contributed by atoms with E-state index >= 15 is 0 Å². The molecule has 2 rings (SSSR count). The lowest BCUT2D eigenvalue weighted by Gasteiger charge is -2.39. The van der Waals surface area contributed by atoms with Crippen molar-refractivity contribution in [3.8, 4) is 0 Å². The fourth-order valence-electron chi connectivity index (χ4n) is 2.35. The van der Waals surface area contributed by atoms with Gasteiger partial charge in [0.1, 0.15) is 17.8 Å². The molecule has 2 atom stereocenters. The third kappa shape index (κ3) is 2.62. The zero-order valence-corrected chi connectivity index (χ0v) is 11.6. The number of carbonyl (C=O) groups excluding carboxylic acids is 2. The van der Waals surface area contributed by atoms with E-state index in [4.69, 9.17) is 4.42 Å². The molecule has 6 heteroatoms. The number of piperazine rings is 1. The zero-order valence-electron chi connectivity index (χ0n) is 11.6. The van der Waals surface area contributed by atoms with Gasteiger partial charge in [-0.25, -0.2) is 4.98 Å². The van der Waals surface area contributed by atoms with Gasteiger partial charge in [-0.05, 0) is 19.8 Å². The maximum Gasteiger partial charge on any atom is 0.246 e. The molecule has 0 spiro atoms. The van der Waals surface area contributed by atoms with E-state index in [0.717, 1.165) is 0 Å². The number of amides is 2. The Morgan fingerprint density at radius 3 is 2.68 bits per heavy atom. The molecule has 0 aromatic carbocycles. The van der Waals surface area contributed by atoms with E-state index < -0.39 is 12.1 Å². The molecule has 2 unspecified atom stereocenters. The number of hydrogen-bond donors (Lipinski definition) is 1. The summed E-state index contributed by atoms with van der Waals surface area (Å²) in [6.45, 7) is 7.55. The standard InChI is InChI=1S/C13H19N3O3/c1-7(2)11-12(17)15-9(4)13(18)16(11)6-10-14-5-8(3)19-10/h5,7,9,11H,6H2,1-4H3,(H,15,17). The van der Waals surface area contributed by atoms with Crippen LogP contribution in [0.1, 0.15) is 32.4 Å². The van der Waals surface area contributed by atoms with Gasteiger partial charge in [0.25, 0.3) is 0 Å². The largest absolute Gasteiger partial charge is 0.444 e. The molecule has 1 aliphatic rings. The number of carbonyl (C=O) groups is 2. The summed E-state index contributed by atoms with van der Waals surface area (Å²) in [7, 11) is 0. The molecule has 0 radical (unpaired) electrons. The van der Waals surface area contributed by atoms with Gasteiger partial charge in [0, 0.05) is 0 Å². The number of aromatic nitrogens is 1. The molecular formula is C13H19N3O3. The lowest BCUT2D eigenvalue weighted by Crippen LogP contribution is -2.63. The second kappa shape index (κ2) is 5.03. The normalized spacial score (nSPS) is 23.9. The van der Waals surface area contributed by atoms with Gasteiger partial charge in [-0.15, -0.1) is 0 Å². The van der Waals surface area contributed by atoms with E-state index in [2.05, 4.69) is 10.3 Å². The van der Waals surface area contributed by atoms with Crippen molar-refractivity contribution in [1.82, 2.24) is 15.2 Å². The fraction of sp³-hybridized carbons (Fsp3) is 0.615. The Bertz CT molecular complexity index is 495. The summed E-state index contributed by atoms with van der Waals surface area (Å²) in [4.78, 5) is 29.9. The molecule has 1 aromatic heterocycles. The fourth-order valence-corrected chi connectivity index (χ4v) is 2.35. The molecule has 1 aromatic rings. The second-order valence-electron chi connectivity index (χ2n) is 5.25. The van der Waals surface area contributed by atoms with Crippen LogP contribution < -0.4 is 5.32 Å². The minimum Gasteiger partial charge on any atom is -0.444 e. The van der Waals surface area contributed by atoms with Crippen molar-refractivity contribution in [3.63, 3.8) is 0 Å². The maximum absolute atomic E-state index is 12.2. The number of rotatable bonds is 3. The van der Waals surface area contributed by atoms with Gasteiger partial charge in [-0.1, -0.05) is 13.8 Å². The lowest BCUT2D eigenvalue weighted by molar-refractivity contribution is -0.151. The average molecular weight is 265 g/mol. The molecule has 104 valence electrons. The van der Waals surface area contributed by atoms with Gasteiger partial charge in [-0.3, -0.25) is 9.59 Å². The van der Waals surface area contributed by atoms with Crippen molar-refractivity contribution in [2.75, 3.05) is 0 Å². The Morgan fingerprint density at radius 1 is 1.47 bits per heavy atom. The first kappa shape index (κ1) is 13.6. The Labute approximate surface area is 112 Å². The Balaban J connectivity index is 2.25. The Hall–Kier alpha value is -1.85. The van der Waals surface area contributed by atoms with Crippen molar-refractivity contribution in [1.29, 1.82) is 0 Å². The Morgan fingerprint density at radius 2 is 2.16 bits per heavy atom. The topological polar surface area (TPSA) is 75.4 Å². The molecule has 1 fully saturated rings. The number of oxazole rings is 1. The predicted octanol–water partition coefficient (Wildman–Crippen LogP) is 0.855. The van der Waals surface area contributed by atoms with Crippen molar-refractivity contribution in [3.05, 3.63) is 17.8 Å². The monoisotopic (exact) mass is 265 g/mol. The highest BCUT2D eigenvalue weighted by Gasteiger charge is 2.40.